The summed E-state index contributed by atoms with van der Waals surface area (Å²) in [5, 5.41) is 0. The van der Waals surface area contributed by atoms with Gasteiger partial charge in [-0.1, -0.05) is 54.6 Å². The molecule has 2 aromatic carbocycles. The Bertz CT molecular complexity index is 679. The van der Waals surface area contributed by atoms with Crippen LogP contribution < -0.4 is 0 Å². The van der Waals surface area contributed by atoms with Crippen LogP contribution in [0.3, 0.4) is 0 Å². The van der Waals surface area contributed by atoms with Gasteiger partial charge in [0.15, 0.2) is 5.78 Å². The Morgan fingerprint density at radius 2 is 1.39 bits per heavy atom. The number of ketones is 1. The molecule has 0 saturated heterocycles. The molecule has 0 bridgehead atoms. The van der Waals surface area contributed by atoms with E-state index in [0.717, 1.165) is 5.56 Å². The summed E-state index contributed by atoms with van der Waals surface area (Å²) < 4.78 is 5.40. The number of carbonyl (C=O) groups excluding carboxylic acids is 2. The number of hydrogen-bond acceptors (Lipinski definition) is 3. The molecule has 2 rings (SSSR count). The largest absolute Gasteiger partial charge is 0.460 e. The van der Waals surface area contributed by atoms with Crippen molar-refractivity contribution in [3.63, 3.8) is 0 Å². The first-order valence-electron chi connectivity index (χ1n) is 7.70. The maximum absolute atomic E-state index is 12.4. The topological polar surface area (TPSA) is 43.4 Å². The van der Waals surface area contributed by atoms with E-state index in [1.807, 2.05) is 58.0 Å². The second-order valence-corrected chi connectivity index (χ2v) is 6.57. The van der Waals surface area contributed by atoms with E-state index >= 15 is 0 Å². The van der Waals surface area contributed by atoms with Gasteiger partial charge in [-0.25, -0.2) is 0 Å². The van der Waals surface area contributed by atoms with Gasteiger partial charge >= 0.3 is 5.97 Å². The van der Waals surface area contributed by atoms with Gasteiger partial charge in [-0.3, -0.25) is 9.59 Å². The van der Waals surface area contributed by atoms with Crippen molar-refractivity contribution in [3.8, 4) is 0 Å². The van der Waals surface area contributed by atoms with E-state index in [9.17, 15) is 9.59 Å². The minimum absolute atomic E-state index is 0.0259. The van der Waals surface area contributed by atoms with Crippen molar-refractivity contribution >= 4 is 11.8 Å². The van der Waals surface area contributed by atoms with Crippen LogP contribution in [0.25, 0.3) is 0 Å². The predicted molar refractivity (Wildman–Crippen MR) is 90.6 cm³/mol. The molecule has 3 heteroatoms. The third kappa shape index (κ3) is 4.52. The van der Waals surface area contributed by atoms with Crippen molar-refractivity contribution in [1.82, 2.24) is 0 Å². The first kappa shape index (κ1) is 16.9. The highest BCUT2D eigenvalue weighted by molar-refractivity contribution is 6.08. The molecule has 2 aromatic rings. The van der Waals surface area contributed by atoms with E-state index < -0.39 is 5.60 Å². The summed E-state index contributed by atoms with van der Waals surface area (Å²) in [6.45, 7) is 7.35. The van der Waals surface area contributed by atoms with E-state index in [-0.39, 0.29) is 17.7 Å². The zero-order valence-electron chi connectivity index (χ0n) is 14.0. The molecule has 0 aliphatic rings. The molecule has 0 aliphatic carbocycles. The third-order valence-electron chi connectivity index (χ3n) is 3.47. The molecule has 0 N–H and O–H groups in total. The SMILES string of the molecule is C[C@@H](C(=O)OC(C)(C)C)c1ccc(C(=O)c2ccccc2)cc1. The summed E-state index contributed by atoms with van der Waals surface area (Å²) in [4.78, 5) is 24.5. The van der Waals surface area contributed by atoms with Crippen molar-refractivity contribution in [3.05, 3.63) is 71.3 Å². The van der Waals surface area contributed by atoms with Gasteiger partial charge in [-0.15, -0.1) is 0 Å². The van der Waals surface area contributed by atoms with Crippen LogP contribution in [0.15, 0.2) is 54.6 Å². The number of hydrogen-bond donors (Lipinski definition) is 0. The van der Waals surface area contributed by atoms with E-state index in [4.69, 9.17) is 4.74 Å². The van der Waals surface area contributed by atoms with Gasteiger partial charge in [0.2, 0.25) is 0 Å². The van der Waals surface area contributed by atoms with Crippen molar-refractivity contribution in [2.45, 2.75) is 39.2 Å². The first-order chi connectivity index (χ1) is 10.8. The summed E-state index contributed by atoms with van der Waals surface area (Å²) in [5.41, 5.74) is 1.59. The van der Waals surface area contributed by atoms with Crippen molar-refractivity contribution < 1.29 is 14.3 Å². The van der Waals surface area contributed by atoms with E-state index in [1.165, 1.54) is 0 Å². The Hall–Kier alpha value is -2.42. The van der Waals surface area contributed by atoms with Gasteiger partial charge in [0.25, 0.3) is 0 Å². The molecule has 0 unspecified atom stereocenters. The molecule has 0 aliphatic heterocycles. The summed E-state index contributed by atoms with van der Waals surface area (Å²) in [6, 6.07) is 16.3. The standard InChI is InChI=1S/C20H22O3/c1-14(19(22)23-20(2,3)4)15-10-12-17(13-11-15)18(21)16-8-6-5-7-9-16/h5-14H,1-4H3/t14-/m1/s1. The average molecular weight is 310 g/mol. The van der Waals surface area contributed by atoms with Gasteiger partial charge < -0.3 is 4.74 Å². The Morgan fingerprint density at radius 3 is 1.91 bits per heavy atom. The maximum Gasteiger partial charge on any atom is 0.313 e. The van der Waals surface area contributed by atoms with Crippen LogP contribution in [-0.2, 0) is 9.53 Å². The summed E-state index contributed by atoms with van der Waals surface area (Å²) in [6.07, 6.45) is 0. The molecular weight excluding hydrogens is 288 g/mol. The van der Waals surface area contributed by atoms with E-state index in [1.54, 1.807) is 24.3 Å². The summed E-state index contributed by atoms with van der Waals surface area (Å²) in [5.74, 6) is -0.656. The number of benzene rings is 2. The Balaban J connectivity index is 2.13. The molecule has 0 aromatic heterocycles. The van der Waals surface area contributed by atoms with Crippen LogP contribution in [0.4, 0.5) is 0 Å². The lowest BCUT2D eigenvalue weighted by atomic mass is 9.97. The minimum Gasteiger partial charge on any atom is -0.460 e. The molecular formula is C20H22O3. The zero-order valence-corrected chi connectivity index (χ0v) is 14.0. The fraction of sp³-hybridized carbons (Fsp3) is 0.300. The van der Waals surface area contributed by atoms with E-state index in [2.05, 4.69) is 0 Å². The van der Waals surface area contributed by atoms with Crippen molar-refractivity contribution in [2.75, 3.05) is 0 Å². The molecule has 0 spiro atoms. The summed E-state index contributed by atoms with van der Waals surface area (Å²) in [7, 11) is 0. The molecule has 0 heterocycles. The smallest absolute Gasteiger partial charge is 0.313 e. The quantitative estimate of drug-likeness (QED) is 0.622. The van der Waals surface area contributed by atoms with E-state index in [0.29, 0.717) is 11.1 Å². The van der Waals surface area contributed by atoms with Gasteiger partial charge in [0, 0.05) is 11.1 Å². The van der Waals surface area contributed by atoms with Crippen LogP contribution in [-0.4, -0.2) is 17.4 Å². The molecule has 0 fully saturated rings. The highest BCUT2D eigenvalue weighted by Crippen LogP contribution is 2.21. The zero-order chi connectivity index (χ0) is 17.0. The average Bonchev–Trinajstić information content (AvgIpc) is 2.53. The fourth-order valence-corrected chi connectivity index (χ4v) is 2.21. The van der Waals surface area contributed by atoms with Gasteiger partial charge in [0.05, 0.1) is 5.92 Å². The lowest BCUT2D eigenvalue weighted by Crippen LogP contribution is -2.26. The molecule has 0 radical (unpaired) electrons. The Morgan fingerprint density at radius 1 is 0.870 bits per heavy atom. The normalized spacial score (nSPS) is 12.5. The van der Waals surface area contributed by atoms with Gasteiger partial charge in [-0.2, -0.15) is 0 Å². The Kier molecular flexibility index (Phi) is 4.99. The third-order valence-corrected chi connectivity index (χ3v) is 3.47. The molecule has 120 valence electrons. The number of carbonyl (C=O) groups is 2. The van der Waals surface area contributed by atoms with Crippen LogP contribution in [0.5, 0.6) is 0 Å². The fourth-order valence-electron chi connectivity index (χ4n) is 2.21. The van der Waals surface area contributed by atoms with Crippen LogP contribution in [0, 0.1) is 0 Å². The molecule has 0 saturated carbocycles. The molecule has 3 nitrogen and oxygen atoms in total. The second kappa shape index (κ2) is 6.78. The number of esters is 1. The second-order valence-electron chi connectivity index (χ2n) is 6.57. The first-order valence-corrected chi connectivity index (χ1v) is 7.70. The number of rotatable bonds is 4. The van der Waals surface area contributed by atoms with Crippen molar-refractivity contribution in [1.29, 1.82) is 0 Å². The predicted octanol–water partition coefficient (Wildman–Crippen LogP) is 4.36. The monoisotopic (exact) mass is 310 g/mol. The van der Waals surface area contributed by atoms with Crippen LogP contribution in [0.2, 0.25) is 0 Å². The Labute approximate surface area is 137 Å². The molecule has 0 amide bonds. The molecule has 23 heavy (non-hydrogen) atoms. The molecule has 1 atom stereocenters. The summed E-state index contributed by atoms with van der Waals surface area (Å²) >= 11 is 0. The van der Waals surface area contributed by atoms with Gasteiger partial charge in [-0.05, 0) is 33.3 Å². The lowest BCUT2D eigenvalue weighted by Gasteiger charge is -2.22. The lowest BCUT2D eigenvalue weighted by molar-refractivity contribution is -0.156. The van der Waals surface area contributed by atoms with Crippen molar-refractivity contribution in [2.24, 2.45) is 0 Å². The highest BCUT2D eigenvalue weighted by atomic mass is 16.6. The minimum atomic E-state index is -0.505. The maximum atomic E-state index is 12.4. The number of ether oxygens (including phenoxy) is 1. The van der Waals surface area contributed by atoms with Crippen LogP contribution in [0.1, 0.15) is 55.1 Å². The van der Waals surface area contributed by atoms with Crippen LogP contribution >= 0.6 is 0 Å². The van der Waals surface area contributed by atoms with Gasteiger partial charge in [0.1, 0.15) is 5.60 Å². The highest BCUT2D eigenvalue weighted by Gasteiger charge is 2.23.